The van der Waals surface area contributed by atoms with Crippen molar-refractivity contribution >= 4 is 11.2 Å². The molecule has 2 aromatic heterocycles. The molecule has 0 bridgehead atoms. The van der Waals surface area contributed by atoms with Crippen LogP contribution in [0.3, 0.4) is 0 Å². The summed E-state index contributed by atoms with van der Waals surface area (Å²) in [5.41, 5.74) is 0.623. The van der Waals surface area contributed by atoms with Gasteiger partial charge in [-0.1, -0.05) is 48.5 Å². The van der Waals surface area contributed by atoms with Crippen molar-refractivity contribution in [2.45, 2.75) is 13.2 Å². The molecule has 0 aliphatic rings. The van der Waals surface area contributed by atoms with Crippen LogP contribution in [-0.4, -0.2) is 18.7 Å². The van der Waals surface area contributed by atoms with Crippen molar-refractivity contribution in [2.24, 2.45) is 14.1 Å². The van der Waals surface area contributed by atoms with Crippen LogP contribution in [0.2, 0.25) is 0 Å². The lowest BCUT2D eigenvalue weighted by Gasteiger charge is -2.11. The Kier molecular flexibility index (Phi) is 6.12. The predicted molar refractivity (Wildman–Crippen MR) is 133 cm³/mol. The van der Waals surface area contributed by atoms with Gasteiger partial charge in [0.15, 0.2) is 11.2 Å². The van der Waals surface area contributed by atoms with Crippen LogP contribution in [0.4, 0.5) is 4.39 Å². The Bertz CT molecular complexity index is 1650. The molecular formula is C27H23FN4O4. The van der Waals surface area contributed by atoms with Gasteiger partial charge in [-0.25, -0.2) is 9.18 Å². The summed E-state index contributed by atoms with van der Waals surface area (Å²) in [6, 6.07) is 23.1. The minimum atomic E-state index is -0.545. The first-order chi connectivity index (χ1) is 17.4. The van der Waals surface area contributed by atoms with E-state index < -0.39 is 17.1 Å². The number of hydrogen-bond donors (Lipinski definition) is 0. The van der Waals surface area contributed by atoms with Gasteiger partial charge in [-0.05, 0) is 35.9 Å². The number of imidazole rings is 1. The average Bonchev–Trinajstić information content (AvgIpc) is 3.25. The highest BCUT2D eigenvalue weighted by Gasteiger charge is 2.21. The van der Waals surface area contributed by atoms with E-state index in [1.54, 1.807) is 42.5 Å². The quantitative estimate of drug-likeness (QED) is 0.348. The summed E-state index contributed by atoms with van der Waals surface area (Å²) in [4.78, 5) is 29.9. The Morgan fingerprint density at radius 2 is 1.50 bits per heavy atom. The van der Waals surface area contributed by atoms with Crippen molar-refractivity contribution in [3.8, 4) is 17.5 Å². The lowest BCUT2D eigenvalue weighted by atomic mass is 10.2. The predicted octanol–water partition coefficient (Wildman–Crippen LogP) is 3.99. The third kappa shape index (κ3) is 4.38. The summed E-state index contributed by atoms with van der Waals surface area (Å²) in [6.45, 7) is 0.418. The maximum atomic E-state index is 14.5. The molecule has 5 rings (SSSR count). The lowest BCUT2D eigenvalue weighted by molar-refractivity contribution is 0.305. The van der Waals surface area contributed by atoms with Crippen LogP contribution in [0.25, 0.3) is 11.2 Å². The summed E-state index contributed by atoms with van der Waals surface area (Å²) < 4.78 is 30.1. The summed E-state index contributed by atoms with van der Waals surface area (Å²) >= 11 is 0. The van der Waals surface area contributed by atoms with E-state index in [9.17, 15) is 14.0 Å². The summed E-state index contributed by atoms with van der Waals surface area (Å²) in [6.07, 6.45) is 0. The van der Waals surface area contributed by atoms with E-state index in [-0.39, 0.29) is 23.7 Å². The third-order valence-corrected chi connectivity index (χ3v) is 5.88. The molecule has 5 aromatic rings. The molecule has 0 saturated carbocycles. The first kappa shape index (κ1) is 23.1. The molecule has 2 heterocycles. The van der Waals surface area contributed by atoms with Gasteiger partial charge in [0.2, 0.25) is 0 Å². The highest BCUT2D eigenvalue weighted by atomic mass is 19.1. The Morgan fingerprint density at radius 1 is 0.833 bits per heavy atom. The summed E-state index contributed by atoms with van der Waals surface area (Å²) in [5, 5.41) is 0. The normalized spacial score (nSPS) is 11.1. The van der Waals surface area contributed by atoms with Gasteiger partial charge in [0.1, 0.15) is 23.9 Å². The number of hydrogen-bond acceptors (Lipinski definition) is 5. The van der Waals surface area contributed by atoms with Gasteiger partial charge in [-0.2, -0.15) is 4.98 Å². The van der Waals surface area contributed by atoms with Gasteiger partial charge < -0.3 is 9.47 Å². The van der Waals surface area contributed by atoms with Crippen molar-refractivity contribution in [3.63, 3.8) is 0 Å². The molecule has 0 amide bonds. The van der Waals surface area contributed by atoms with Crippen molar-refractivity contribution in [3.05, 3.63) is 117 Å². The Morgan fingerprint density at radius 3 is 2.22 bits per heavy atom. The maximum Gasteiger partial charge on any atom is 0.332 e. The number of nitrogens with zero attached hydrogens (tertiary/aromatic N) is 4. The van der Waals surface area contributed by atoms with Gasteiger partial charge in [-0.3, -0.25) is 18.5 Å². The second kappa shape index (κ2) is 9.53. The Balaban J connectivity index is 1.50. The summed E-state index contributed by atoms with van der Waals surface area (Å²) in [5.74, 6) is 0.670. The monoisotopic (exact) mass is 486 g/mol. The van der Waals surface area contributed by atoms with Gasteiger partial charge in [0.05, 0.1) is 6.54 Å². The fraction of sp³-hybridized carbons (Fsp3) is 0.148. The fourth-order valence-electron chi connectivity index (χ4n) is 3.90. The molecule has 0 saturated heterocycles. The number of aromatic nitrogens is 4. The van der Waals surface area contributed by atoms with E-state index in [0.717, 1.165) is 10.1 Å². The maximum absolute atomic E-state index is 14.5. The molecule has 9 heteroatoms. The molecule has 0 unspecified atom stereocenters. The number of ether oxygens (including phenoxy) is 2. The van der Waals surface area contributed by atoms with E-state index in [1.807, 2.05) is 30.3 Å². The van der Waals surface area contributed by atoms with E-state index in [2.05, 4.69) is 4.98 Å². The molecule has 36 heavy (non-hydrogen) atoms. The van der Waals surface area contributed by atoms with E-state index in [4.69, 9.17) is 9.47 Å². The number of aryl methyl sites for hydroxylation is 1. The first-order valence-corrected chi connectivity index (χ1v) is 11.3. The molecular weight excluding hydrogens is 463 g/mol. The fourth-order valence-corrected chi connectivity index (χ4v) is 3.90. The molecule has 3 aromatic carbocycles. The molecule has 0 radical (unpaired) electrons. The second-order valence-electron chi connectivity index (χ2n) is 8.30. The van der Waals surface area contributed by atoms with Crippen molar-refractivity contribution < 1.29 is 13.9 Å². The Hall–Kier alpha value is -4.66. The number of halogens is 1. The molecule has 0 spiro atoms. The molecule has 0 aliphatic carbocycles. The second-order valence-corrected chi connectivity index (χ2v) is 8.30. The molecule has 0 atom stereocenters. The van der Waals surface area contributed by atoms with Crippen LogP contribution in [0.5, 0.6) is 17.5 Å². The molecule has 0 N–H and O–H groups in total. The number of fused-ring (bicyclic) bond motifs is 1. The minimum Gasteiger partial charge on any atom is -0.489 e. The minimum absolute atomic E-state index is 0.00970. The van der Waals surface area contributed by atoms with Crippen LogP contribution in [0, 0.1) is 5.82 Å². The zero-order chi connectivity index (χ0) is 25.2. The van der Waals surface area contributed by atoms with Crippen LogP contribution in [0.1, 0.15) is 11.1 Å². The average molecular weight is 487 g/mol. The van der Waals surface area contributed by atoms with Gasteiger partial charge in [-0.15, -0.1) is 0 Å². The van der Waals surface area contributed by atoms with Crippen LogP contribution < -0.4 is 20.7 Å². The molecule has 0 fully saturated rings. The Labute approximate surface area is 205 Å². The SMILES string of the molecule is Cn1c(=O)c2c(nc(Oc3ccc(OCc4ccccc4)cc3)n2Cc2ccccc2F)n(C)c1=O. The van der Waals surface area contributed by atoms with Crippen molar-refractivity contribution in [2.75, 3.05) is 0 Å². The summed E-state index contributed by atoms with van der Waals surface area (Å²) in [7, 11) is 2.91. The van der Waals surface area contributed by atoms with E-state index >= 15 is 0 Å². The third-order valence-electron chi connectivity index (χ3n) is 5.88. The molecule has 8 nitrogen and oxygen atoms in total. The zero-order valence-corrected chi connectivity index (χ0v) is 19.7. The van der Waals surface area contributed by atoms with Gasteiger partial charge in [0, 0.05) is 19.7 Å². The van der Waals surface area contributed by atoms with Crippen LogP contribution in [-0.2, 0) is 27.2 Å². The standard InChI is InChI=1S/C27H23FN4O4/c1-30-24-23(25(33)31(2)27(30)34)32(16-19-10-6-7-11-22(19)28)26(29-24)36-21-14-12-20(13-15-21)35-17-18-8-4-3-5-9-18/h3-15H,16-17H2,1-2H3. The smallest absolute Gasteiger partial charge is 0.332 e. The highest BCUT2D eigenvalue weighted by molar-refractivity contribution is 5.72. The van der Waals surface area contributed by atoms with Crippen LogP contribution >= 0.6 is 0 Å². The van der Waals surface area contributed by atoms with Crippen molar-refractivity contribution in [1.82, 2.24) is 18.7 Å². The molecule has 182 valence electrons. The number of rotatable bonds is 7. The number of benzene rings is 3. The van der Waals surface area contributed by atoms with E-state index in [0.29, 0.717) is 23.7 Å². The zero-order valence-electron chi connectivity index (χ0n) is 19.7. The van der Waals surface area contributed by atoms with Gasteiger partial charge in [0.25, 0.3) is 5.56 Å². The van der Waals surface area contributed by atoms with Crippen LogP contribution in [0.15, 0.2) is 88.5 Å². The first-order valence-electron chi connectivity index (χ1n) is 11.3. The lowest BCUT2D eigenvalue weighted by Crippen LogP contribution is -2.37. The van der Waals surface area contributed by atoms with E-state index in [1.165, 1.54) is 29.3 Å². The highest BCUT2D eigenvalue weighted by Crippen LogP contribution is 2.27. The van der Waals surface area contributed by atoms with Gasteiger partial charge >= 0.3 is 11.7 Å². The largest absolute Gasteiger partial charge is 0.489 e. The topological polar surface area (TPSA) is 80.3 Å². The molecule has 0 aliphatic heterocycles. The van der Waals surface area contributed by atoms with Crippen molar-refractivity contribution in [1.29, 1.82) is 0 Å².